The third-order valence-corrected chi connectivity index (χ3v) is 16.8. The van der Waals surface area contributed by atoms with Gasteiger partial charge < -0.3 is 71.1 Å². The van der Waals surface area contributed by atoms with Crippen molar-refractivity contribution in [2.24, 2.45) is 47.2 Å². The molecule has 0 unspecified atom stereocenters. The highest BCUT2D eigenvalue weighted by atomic mass is 16.5. The molecule has 0 aromatic carbocycles. The Morgan fingerprint density at radius 2 is 1.01 bits per heavy atom. The van der Waals surface area contributed by atoms with Gasteiger partial charge in [0.1, 0.15) is 54.4 Å². The van der Waals surface area contributed by atoms with Crippen molar-refractivity contribution in [2.45, 2.75) is 222 Å². The number of nitrogens with zero attached hydrogens (tertiary/aromatic N) is 7. The average Bonchev–Trinajstić information content (AvgIpc) is 0.791. The third-order valence-electron chi connectivity index (χ3n) is 16.8. The smallest absolute Gasteiger partial charge is 0.276 e. The van der Waals surface area contributed by atoms with Gasteiger partial charge in [0.15, 0.2) is 0 Å². The van der Waals surface area contributed by atoms with Crippen LogP contribution in [0.1, 0.15) is 156 Å². The van der Waals surface area contributed by atoms with Crippen LogP contribution < -0.4 is 27.0 Å². The first-order valence-corrected chi connectivity index (χ1v) is 31.8. The molecule has 1 aliphatic rings. The summed E-state index contributed by atoms with van der Waals surface area (Å²) in [7, 11) is 9.68. The van der Waals surface area contributed by atoms with Gasteiger partial charge in [0.05, 0.1) is 19.3 Å². The number of amides is 11. The highest BCUT2D eigenvalue weighted by molar-refractivity contribution is 6.00. The molecule has 1 fully saturated rings. The summed E-state index contributed by atoms with van der Waals surface area (Å²) in [4.78, 5) is 170. The van der Waals surface area contributed by atoms with Gasteiger partial charge in [0, 0.05) is 61.8 Å². The molecule has 0 radical (unpaired) electrons. The standard InChI is InChI=1S/C64H116N12O13/c1-25-27-28-42(15)53(78)52-57(82)68-45(26-2)59(84)70(18)35-50(77)71(19)46(31-36(3)4)56(81)69-51(40(11)12)62(87)72(20)47(32-37(5)6)55(80)66-43(16)54(79)67-44(17)58(83)73(21)48(33-38(7)8)60(85)74(22)49(34-39(9)10)61(86)76(24)64(41(13)14,89-30-29-65)63(88)75(52)23/h25,27,36-49,51-53,78H,26,28-35,65H2,1-24H3,(H,66,80)(H,67,79)(H,68,82)(H,69,81)/b27-25+/t42-,43+,44-,45+,46+,47+,48+,49+,51+,52+,53-,64+/m1/s1. The minimum absolute atomic E-state index is 0.0179. The molecule has 11 amide bonds. The topological polar surface area (TPSA) is 314 Å². The number of rotatable bonds is 18. The highest BCUT2D eigenvalue weighted by Crippen LogP contribution is 2.33. The van der Waals surface area contributed by atoms with Crippen molar-refractivity contribution in [3.05, 3.63) is 12.2 Å². The predicted molar refractivity (Wildman–Crippen MR) is 342 cm³/mol. The van der Waals surface area contributed by atoms with Crippen LogP contribution in [0.15, 0.2) is 12.2 Å². The van der Waals surface area contributed by atoms with Crippen molar-refractivity contribution in [1.82, 2.24) is 55.6 Å². The van der Waals surface area contributed by atoms with Crippen molar-refractivity contribution in [3.8, 4) is 0 Å². The number of aliphatic hydroxyl groups excluding tert-OH is 1. The number of nitrogens with one attached hydrogen (secondary N) is 4. The molecule has 0 saturated carbocycles. The molecular formula is C64H116N12O13. The molecule has 0 bridgehead atoms. The van der Waals surface area contributed by atoms with Crippen molar-refractivity contribution in [1.29, 1.82) is 0 Å². The summed E-state index contributed by atoms with van der Waals surface area (Å²) < 4.78 is 6.46. The molecule has 510 valence electrons. The molecule has 89 heavy (non-hydrogen) atoms. The molecule has 1 rings (SSSR count). The maximum absolute atomic E-state index is 15.8. The SMILES string of the molecule is C/C=C/C[C@@H](C)[C@@H](O)[C@H]1C(=O)N[C@@H](CC)C(=O)N(C)CC(=O)N(C)[C@@H](CC(C)C)C(=O)N[C@@H](C(C)C)C(=O)N(C)[C@@H](CC(C)C)C(=O)N[C@@H](C)C(=O)N[C@H](C)C(=O)N(C)[C@@H](CC(C)C)C(=O)N(C)[C@@H](CC(C)C)C(=O)N(C)[C@](OCCN)(C(C)C)C(=O)N1C. The number of carbonyl (C=O) groups is 11. The Labute approximate surface area is 532 Å². The molecule has 0 aromatic rings. The molecule has 25 heteroatoms. The Hall–Kier alpha value is -6.21. The van der Waals surface area contributed by atoms with E-state index in [0.717, 1.165) is 14.7 Å². The van der Waals surface area contributed by atoms with Gasteiger partial charge in [0.2, 0.25) is 64.8 Å². The van der Waals surface area contributed by atoms with Crippen LogP contribution in [0.4, 0.5) is 0 Å². The molecule has 7 N–H and O–H groups in total. The summed E-state index contributed by atoms with van der Waals surface area (Å²) in [6.07, 6.45) is 2.66. The lowest BCUT2D eigenvalue weighted by Crippen LogP contribution is -2.70. The average molecular weight is 1260 g/mol. The Morgan fingerprint density at radius 1 is 0.562 bits per heavy atom. The maximum Gasteiger partial charge on any atom is 0.276 e. The number of aliphatic hydroxyl groups is 1. The molecule has 12 atom stereocenters. The van der Waals surface area contributed by atoms with E-state index in [1.807, 2.05) is 55.4 Å². The Balaban J connectivity index is 4.50. The number of carbonyl (C=O) groups excluding carboxylic acids is 11. The zero-order valence-corrected chi connectivity index (χ0v) is 58.4. The Morgan fingerprint density at radius 3 is 1.47 bits per heavy atom. The largest absolute Gasteiger partial charge is 0.390 e. The summed E-state index contributed by atoms with van der Waals surface area (Å²) in [5.41, 5.74) is 3.78. The van der Waals surface area contributed by atoms with Crippen LogP contribution in [0.3, 0.4) is 0 Å². The van der Waals surface area contributed by atoms with Gasteiger partial charge in [-0.1, -0.05) is 109 Å². The van der Waals surface area contributed by atoms with E-state index >= 15 is 19.2 Å². The van der Waals surface area contributed by atoms with E-state index in [-0.39, 0.29) is 75.3 Å². The first-order valence-electron chi connectivity index (χ1n) is 31.8. The Bertz CT molecular complexity index is 2440. The van der Waals surface area contributed by atoms with Gasteiger partial charge in [-0.2, -0.15) is 0 Å². The summed E-state index contributed by atoms with van der Waals surface area (Å²) in [6.45, 7) is 28.5. The zero-order valence-electron chi connectivity index (χ0n) is 58.4. The van der Waals surface area contributed by atoms with E-state index in [0.29, 0.717) is 0 Å². The van der Waals surface area contributed by atoms with Gasteiger partial charge in [-0.25, -0.2) is 0 Å². The Kier molecular flexibility index (Phi) is 33.2. The van der Waals surface area contributed by atoms with Gasteiger partial charge >= 0.3 is 0 Å². The lowest BCUT2D eigenvalue weighted by molar-refractivity contribution is -0.208. The first kappa shape index (κ1) is 80.8. The van der Waals surface area contributed by atoms with Crippen LogP contribution in [0, 0.1) is 41.4 Å². The molecule has 25 nitrogen and oxygen atoms in total. The van der Waals surface area contributed by atoms with E-state index in [9.17, 15) is 38.7 Å². The summed E-state index contributed by atoms with van der Waals surface area (Å²) in [5.74, 6) is -10.9. The second-order valence-electron chi connectivity index (χ2n) is 26.8. The lowest BCUT2D eigenvalue weighted by Gasteiger charge is -2.48. The van der Waals surface area contributed by atoms with E-state index in [1.165, 1.54) is 82.8 Å². The maximum atomic E-state index is 15.8. The van der Waals surface area contributed by atoms with Crippen molar-refractivity contribution in [3.63, 3.8) is 0 Å². The molecule has 1 saturated heterocycles. The summed E-state index contributed by atoms with van der Waals surface area (Å²) in [6, 6.07) is -11.6. The number of likely N-dealkylation sites (N-methyl/N-ethyl adjacent to an activating group) is 7. The number of hydrogen-bond acceptors (Lipinski definition) is 14. The van der Waals surface area contributed by atoms with E-state index in [2.05, 4.69) is 21.3 Å². The van der Waals surface area contributed by atoms with Crippen molar-refractivity contribution in [2.75, 3.05) is 69.0 Å². The number of hydrogen-bond donors (Lipinski definition) is 6. The minimum Gasteiger partial charge on any atom is -0.390 e. The fourth-order valence-corrected chi connectivity index (χ4v) is 11.1. The van der Waals surface area contributed by atoms with E-state index in [4.69, 9.17) is 10.5 Å². The molecule has 0 aromatic heterocycles. The van der Waals surface area contributed by atoms with Crippen LogP contribution in [0.2, 0.25) is 0 Å². The van der Waals surface area contributed by atoms with Crippen molar-refractivity contribution >= 4 is 65.0 Å². The van der Waals surface area contributed by atoms with E-state index < -0.39 is 155 Å². The minimum atomic E-state index is -2.27. The number of ether oxygens (including phenoxy) is 1. The normalized spacial score (nSPS) is 27.1. The number of nitrogens with two attached hydrogens (primary N) is 1. The van der Waals surface area contributed by atoms with Gasteiger partial charge in [-0.15, -0.1) is 0 Å². The summed E-state index contributed by atoms with van der Waals surface area (Å²) >= 11 is 0. The van der Waals surface area contributed by atoms with Crippen LogP contribution >= 0.6 is 0 Å². The van der Waals surface area contributed by atoms with E-state index in [1.54, 1.807) is 60.6 Å². The van der Waals surface area contributed by atoms with Crippen molar-refractivity contribution < 1.29 is 62.6 Å². The van der Waals surface area contributed by atoms with Crippen LogP contribution in [0.5, 0.6) is 0 Å². The quantitative estimate of drug-likeness (QED) is 0.108. The predicted octanol–water partition coefficient (Wildman–Crippen LogP) is 2.57. The molecule has 1 aliphatic heterocycles. The first-order chi connectivity index (χ1) is 41.1. The monoisotopic (exact) mass is 1260 g/mol. The third kappa shape index (κ3) is 21.7. The highest BCUT2D eigenvalue weighted by Gasteiger charge is 2.55. The molecule has 0 spiro atoms. The zero-order chi connectivity index (χ0) is 69.0. The van der Waals surface area contributed by atoms with Crippen LogP contribution in [-0.4, -0.2) is 240 Å². The van der Waals surface area contributed by atoms with Crippen LogP contribution in [-0.2, 0) is 57.5 Å². The van der Waals surface area contributed by atoms with Gasteiger partial charge in [-0.05, 0) is 94.8 Å². The van der Waals surface area contributed by atoms with Gasteiger partial charge in [-0.3, -0.25) is 52.7 Å². The molecular weight excluding hydrogens is 1140 g/mol. The van der Waals surface area contributed by atoms with Gasteiger partial charge in [0.25, 0.3) is 5.91 Å². The lowest BCUT2D eigenvalue weighted by atomic mass is 9.89. The number of allylic oxidation sites excluding steroid dienone is 2. The second-order valence-corrected chi connectivity index (χ2v) is 26.8. The van der Waals surface area contributed by atoms with Crippen LogP contribution in [0.25, 0.3) is 0 Å². The second kappa shape index (κ2) is 36.6. The fraction of sp³-hybridized carbons (Fsp3) is 0.797. The fourth-order valence-electron chi connectivity index (χ4n) is 11.1. The summed E-state index contributed by atoms with van der Waals surface area (Å²) in [5, 5.41) is 23.3. The molecule has 1 heterocycles. The molecule has 0 aliphatic carbocycles.